The maximum Gasteiger partial charge on any atom is 0.173 e. The first-order chi connectivity index (χ1) is 11.6. The van der Waals surface area contributed by atoms with Gasteiger partial charge in [0.05, 0.1) is 5.57 Å². The maximum atomic E-state index is 13.1. The normalized spacial score (nSPS) is 14.2. The Kier molecular flexibility index (Phi) is 7.36. The number of carbonyl (C=O) groups excluding carboxylic acids is 2. The summed E-state index contributed by atoms with van der Waals surface area (Å²) in [7, 11) is 0. The Bertz CT molecular complexity index is 825. The molecule has 0 unspecified atom stereocenters. The van der Waals surface area contributed by atoms with Crippen LogP contribution in [0.25, 0.3) is 0 Å². The Labute approximate surface area is 178 Å². The minimum atomic E-state index is -0.146. The fourth-order valence-corrected chi connectivity index (χ4v) is 4.00. The minimum absolute atomic E-state index is 0. The molecule has 0 amide bonds. The smallest absolute Gasteiger partial charge is 0.173 e. The van der Waals surface area contributed by atoms with Crippen molar-refractivity contribution in [2.45, 2.75) is 38.0 Å². The number of ketones is 2. The van der Waals surface area contributed by atoms with Gasteiger partial charge in [0.15, 0.2) is 11.6 Å². The van der Waals surface area contributed by atoms with E-state index in [1.807, 2.05) is 44.2 Å². The zero-order valence-corrected chi connectivity index (χ0v) is 18.1. The van der Waals surface area contributed by atoms with E-state index >= 15 is 0 Å². The quantitative estimate of drug-likeness (QED) is 0.390. The summed E-state index contributed by atoms with van der Waals surface area (Å²) in [6, 6.07) is 16.5. The Morgan fingerprint density at radius 3 is 2.52 bits per heavy atom. The molecule has 0 atom stereocenters. The van der Waals surface area contributed by atoms with Crippen LogP contribution in [0.4, 0.5) is 0 Å². The second-order valence-corrected chi connectivity index (χ2v) is 7.13. The van der Waals surface area contributed by atoms with Crippen molar-refractivity contribution in [3.8, 4) is 0 Å². The second-order valence-electron chi connectivity index (χ2n) is 5.96. The van der Waals surface area contributed by atoms with Crippen molar-refractivity contribution in [3.05, 3.63) is 75.7 Å². The van der Waals surface area contributed by atoms with E-state index in [9.17, 15) is 9.59 Å². The predicted octanol–water partition coefficient (Wildman–Crippen LogP) is 5.08. The SMILES string of the molecule is Cc1[c-]ccc(C(=O)C2=C(Sc3ccccc3)CCCC2=O)c1C.[Y]. The monoisotopic (exact) mass is 424 g/mol. The molecule has 25 heavy (non-hydrogen) atoms. The van der Waals surface area contributed by atoms with E-state index in [1.165, 1.54) is 11.8 Å². The van der Waals surface area contributed by atoms with Gasteiger partial charge in [-0.2, -0.15) is 23.8 Å². The minimum Gasteiger partial charge on any atom is -0.294 e. The molecule has 1 radical (unpaired) electrons. The molecule has 2 nitrogen and oxygen atoms in total. The van der Waals surface area contributed by atoms with E-state index in [0.29, 0.717) is 17.6 Å². The van der Waals surface area contributed by atoms with Crippen molar-refractivity contribution in [2.24, 2.45) is 0 Å². The summed E-state index contributed by atoms with van der Waals surface area (Å²) in [5, 5.41) is 0. The van der Waals surface area contributed by atoms with Crippen molar-refractivity contribution >= 4 is 23.3 Å². The van der Waals surface area contributed by atoms with Crippen LogP contribution in [0.3, 0.4) is 0 Å². The Balaban J connectivity index is 0.00000225. The average Bonchev–Trinajstić information content (AvgIpc) is 2.58. The number of hydrogen-bond donors (Lipinski definition) is 0. The van der Waals surface area contributed by atoms with Crippen LogP contribution in [-0.4, -0.2) is 11.6 Å². The van der Waals surface area contributed by atoms with Gasteiger partial charge in [-0.15, -0.1) is 5.56 Å². The maximum absolute atomic E-state index is 13.1. The zero-order chi connectivity index (χ0) is 17.1. The summed E-state index contributed by atoms with van der Waals surface area (Å²) in [5.74, 6) is -0.178. The van der Waals surface area contributed by atoms with Gasteiger partial charge in [0.2, 0.25) is 0 Å². The van der Waals surface area contributed by atoms with Gasteiger partial charge in [-0.25, -0.2) is 0 Å². The molecule has 2 aromatic rings. The third kappa shape index (κ3) is 4.58. The van der Waals surface area contributed by atoms with Gasteiger partial charge in [0, 0.05) is 48.9 Å². The summed E-state index contributed by atoms with van der Waals surface area (Å²) in [6.07, 6.45) is 2.05. The van der Waals surface area contributed by atoms with Crippen LogP contribution < -0.4 is 0 Å². The Hall–Kier alpha value is -1.03. The van der Waals surface area contributed by atoms with Crippen molar-refractivity contribution < 1.29 is 42.3 Å². The summed E-state index contributed by atoms with van der Waals surface area (Å²) in [6.45, 7) is 3.85. The van der Waals surface area contributed by atoms with Crippen molar-refractivity contribution in [1.29, 1.82) is 0 Å². The molecule has 3 rings (SSSR count). The molecule has 0 saturated heterocycles. The number of benzene rings is 2. The first-order valence-electron chi connectivity index (χ1n) is 8.09. The second kappa shape index (κ2) is 9.07. The van der Waals surface area contributed by atoms with E-state index in [-0.39, 0.29) is 44.3 Å². The molecule has 125 valence electrons. The molecule has 0 N–H and O–H groups in total. The number of rotatable bonds is 4. The van der Waals surface area contributed by atoms with E-state index in [2.05, 4.69) is 6.07 Å². The molecule has 0 heterocycles. The van der Waals surface area contributed by atoms with Gasteiger partial charge in [0.1, 0.15) is 0 Å². The number of aryl methyl sites for hydroxylation is 1. The number of carbonyl (C=O) groups is 2. The molecule has 0 fully saturated rings. The molecule has 1 aliphatic rings. The van der Waals surface area contributed by atoms with Crippen LogP contribution in [0, 0.1) is 19.9 Å². The van der Waals surface area contributed by atoms with Crippen LogP contribution in [0.5, 0.6) is 0 Å². The van der Waals surface area contributed by atoms with E-state index in [1.54, 1.807) is 12.1 Å². The molecule has 0 saturated carbocycles. The summed E-state index contributed by atoms with van der Waals surface area (Å²) in [4.78, 5) is 27.5. The number of allylic oxidation sites excluding steroid dienone is 2. The molecule has 0 spiro atoms. The molecular formula is C21H19O2SY-. The van der Waals surface area contributed by atoms with Crippen LogP contribution in [0.2, 0.25) is 0 Å². The molecule has 0 bridgehead atoms. The summed E-state index contributed by atoms with van der Waals surface area (Å²) >= 11 is 1.54. The van der Waals surface area contributed by atoms with Gasteiger partial charge < -0.3 is 0 Å². The van der Waals surface area contributed by atoms with Gasteiger partial charge in [-0.3, -0.25) is 9.59 Å². The third-order valence-electron chi connectivity index (χ3n) is 4.34. The predicted molar refractivity (Wildman–Crippen MR) is 97.3 cm³/mol. The van der Waals surface area contributed by atoms with Crippen molar-refractivity contribution in [1.82, 2.24) is 0 Å². The van der Waals surface area contributed by atoms with Crippen molar-refractivity contribution in [2.75, 3.05) is 0 Å². The van der Waals surface area contributed by atoms with Gasteiger partial charge in [0.25, 0.3) is 0 Å². The zero-order valence-electron chi connectivity index (χ0n) is 14.5. The first kappa shape index (κ1) is 20.3. The van der Waals surface area contributed by atoms with E-state index in [4.69, 9.17) is 0 Å². The fourth-order valence-electron chi connectivity index (χ4n) is 2.87. The summed E-state index contributed by atoms with van der Waals surface area (Å²) in [5.41, 5.74) is 2.84. The number of thioether (sulfide) groups is 1. The molecule has 2 aromatic carbocycles. The molecule has 1 aliphatic carbocycles. The topological polar surface area (TPSA) is 34.1 Å². The van der Waals surface area contributed by atoms with E-state index in [0.717, 1.165) is 33.8 Å². The van der Waals surface area contributed by atoms with E-state index < -0.39 is 0 Å². The fraction of sp³-hybridized carbons (Fsp3) is 0.238. The van der Waals surface area contributed by atoms with Crippen LogP contribution in [-0.2, 0) is 37.5 Å². The van der Waals surface area contributed by atoms with Gasteiger partial charge >= 0.3 is 0 Å². The van der Waals surface area contributed by atoms with Gasteiger partial charge in [-0.05, 0) is 25.0 Å². The number of hydrogen-bond acceptors (Lipinski definition) is 3. The summed E-state index contributed by atoms with van der Waals surface area (Å²) < 4.78 is 0. The average molecular weight is 424 g/mol. The Morgan fingerprint density at radius 2 is 1.80 bits per heavy atom. The number of Topliss-reactive ketones (excluding diaryl/α,β-unsaturated/α-hetero) is 2. The van der Waals surface area contributed by atoms with Crippen LogP contribution >= 0.6 is 11.8 Å². The first-order valence-corrected chi connectivity index (χ1v) is 8.91. The standard InChI is InChI=1S/C21H19O2S.Y/c1-14-8-6-11-17(15(14)2)21(23)20-18(22)12-7-13-19(20)24-16-9-4-3-5-10-16;/h3-6,9-11H,7,12-13H2,1-2H3;/q-1;. The van der Waals surface area contributed by atoms with Crippen molar-refractivity contribution in [3.63, 3.8) is 0 Å². The van der Waals surface area contributed by atoms with Crippen LogP contribution in [0.1, 0.15) is 40.7 Å². The molecule has 0 aliphatic heterocycles. The third-order valence-corrected chi connectivity index (χ3v) is 5.50. The molecule has 0 aromatic heterocycles. The van der Waals surface area contributed by atoms with Gasteiger partial charge in [-0.1, -0.05) is 49.4 Å². The molecule has 4 heteroatoms. The largest absolute Gasteiger partial charge is 0.294 e. The van der Waals surface area contributed by atoms with Crippen LogP contribution in [0.15, 0.2) is 57.8 Å². The molecular weight excluding hydrogens is 405 g/mol. The Morgan fingerprint density at radius 1 is 1.08 bits per heavy atom.